The highest BCUT2D eigenvalue weighted by molar-refractivity contribution is 8.04. The van der Waals surface area contributed by atoms with Crippen LogP contribution in [-0.2, 0) is 30.2 Å². The number of sulfonamides is 2. The van der Waals surface area contributed by atoms with Crippen LogP contribution in [0.3, 0.4) is 0 Å². The molecule has 0 aliphatic carbocycles. The smallest absolute Gasteiger partial charge is 0.266 e. The van der Waals surface area contributed by atoms with E-state index in [4.69, 9.17) is 4.55 Å². The van der Waals surface area contributed by atoms with E-state index in [0.29, 0.717) is 0 Å². The molecule has 0 saturated heterocycles. The topological polar surface area (TPSA) is 126 Å². The molecule has 0 aromatic heterocycles. The Morgan fingerprint density at radius 2 is 1.23 bits per heavy atom. The van der Waals surface area contributed by atoms with Crippen molar-refractivity contribution in [3.8, 4) is 0 Å². The molecule has 26 heavy (non-hydrogen) atoms. The van der Waals surface area contributed by atoms with Crippen molar-refractivity contribution >= 4 is 30.2 Å². The zero-order valence-corrected chi connectivity index (χ0v) is 16.1. The summed E-state index contributed by atoms with van der Waals surface area (Å²) in [6.45, 7) is 0.777. The first kappa shape index (κ1) is 20.5. The minimum atomic E-state index is -4.58. The van der Waals surface area contributed by atoms with Crippen molar-refractivity contribution in [1.82, 2.24) is 3.71 Å². The monoisotopic (exact) mass is 419 g/mol. The average molecular weight is 420 g/mol. The summed E-state index contributed by atoms with van der Waals surface area (Å²) in [6.07, 6.45) is 0. The Kier molecular flexibility index (Phi) is 5.88. The molecule has 0 fully saturated rings. The molecule has 8 nitrogen and oxygen atoms in total. The minimum Gasteiger partial charge on any atom is -0.286 e. The van der Waals surface area contributed by atoms with Gasteiger partial charge in [0.2, 0.25) is 0 Å². The fraction of sp³-hybridized carbons (Fsp3) is 0.200. The molecule has 2 aromatic rings. The van der Waals surface area contributed by atoms with Crippen LogP contribution in [0.1, 0.15) is 5.56 Å². The Bertz CT molecular complexity index is 1080. The second-order valence-electron chi connectivity index (χ2n) is 5.42. The predicted octanol–water partition coefficient (Wildman–Crippen LogP) is 1.26. The van der Waals surface area contributed by atoms with Crippen molar-refractivity contribution < 1.29 is 29.8 Å². The molecular weight excluding hydrogens is 402 g/mol. The van der Waals surface area contributed by atoms with E-state index >= 15 is 0 Å². The lowest BCUT2D eigenvalue weighted by Gasteiger charge is -2.21. The second kappa shape index (κ2) is 7.45. The van der Waals surface area contributed by atoms with Gasteiger partial charge in [0.1, 0.15) is 0 Å². The standard InChI is InChI=1S/C15H17NO7S3/c1-13-7-9-15(10-8-13)26(22,23)16(11-12-24(17,18)19)25(20,21)14-5-3-2-4-6-14/h2-10H,11-12H2,1H3,(H,17,18,19). The van der Waals surface area contributed by atoms with E-state index in [1.807, 2.05) is 0 Å². The fourth-order valence-electron chi connectivity index (χ4n) is 2.10. The van der Waals surface area contributed by atoms with Crippen LogP contribution in [0.25, 0.3) is 0 Å². The second-order valence-corrected chi connectivity index (χ2v) is 10.9. The third-order valence-electron chi connectivity index (χ3n) is 3.43. The molecule has 0 amide bonds. The molecule has 0 aliphatic rings. The number of rotatable bonds is 7. The predicted molar refractivity (Wildman–Crippen MR) is 95.1 cm³/mol. The number of aryl methyl sites for hydroxylation is 1. The normalized spacial score (nSPS) is 13.0. The third kappa shape index (κ3) is 4.68. The summed E-state index contributed by atoms with van der Waals surface area (Å²) < 4.78 is 82.4. The number of hydrogen-bond acceptors (Lipinski definition) is 6. The van der Waals surface area contributed by atoms with E-state index < -0.39 is 42.5 Å². The largest absolute Gasteiger partial charge is 0.286 e. The molecule has 2 aromatic carbocycles. The van der Waals surface area contributed by atoms with Gasteiger partial charge in [0.15, 0.2) is 0 Å². The molecule has 0 unspecified atom stereocenters. The summed E-state index contributed by atoms with van der Waals surface area (Å²) in [6, 6.07) is 12.2. The van der Waals surface area contributed by atoms with Crippen LogP contribution in [0.5, 0.6) is 0 Å². The summed E-state index contributed by atoms with van der Waals surface area (Å²) in [5.41, 5.74) is 0.763. The Morgan fingerprint density at radius 1 is 0.769 bits per heavy atom. The molecule has 0 radical (unpaired) electrons. The molecule has 1 N–H and O–H groups in total. The van der Waals surface area contributed by atoms with Crippen LogP contribution in [0.4, 0.5) is 0 Å². The van der Waals surface area contributed by atoms with Gasteiger partial charge in [-0.15, -0.1) is 0 Å². The molecule has 0 spiro atoms. The van der Waals surface area contributed by atoms with E-state index in [0.717, 1.165) is 5.56 Å². The maximum Gasteiger partial charge on any atom is 0.266 e. The quantitative estimate of drug-likeness (QED) is 0.670. The lowest BCUT2D eigenvalue weighted by molar-refractivity contribution is 0.472. The van der Waals surface area contributed by atoms with E-state index in [1.165, 1.54) is 48.5 Å². The molecule has 2 rings (SSSR count). The highest BCUT2D eigenvalue weighted by Gasteiger charge is 2.37. The molecule has 142 valence electrons. The van der Waals surface area contributed by atoms with Crippen LogP contribution in [0.15, 0.2) is 64.4 Å². The Morgan fingerprint density at radius 3 is 1.69 bits per heavy atom. The Labute approximate surface area is 152 Å². The molecule has 0 atom stereocenters. The van der Waals surface area contributed by atoms with Crippen LogP contribution < -0.4 is 0 Å². The van der Waals surface area contributed by atoms with E-state index in [9.17, 15) is 25.3 Å². The van der Waals surface area contributed by atoms with Gasteiger partial charge in [0.25, 0.3) is 30.2 Å². The minimum absolute atomic E-state index is 0.0910. The Balaban J connectivity index is 2.59. The zero-order chi connectivity index (χ0) is 19.6. The van der Waals surface area contributed by atoms with Crippen LogP contribution in [-0.4, -0.2) is 45.8 Å². The fourth-order valence-corrected chi connectivity index (χ4v) is 6.41. The summed E-state index contributed by atoms with van der Waals surface area (Å²) in [5.74, 6) is -1.07. The van der Waals surface area contributed by atoms with Gasteiger partial charge in [0, 0.05) is 6.54 Å². The number of benzene rings is 2. The van der Waals surface area contributed by atoms with Crippen LogP contribution in [0, 0.1) is 6.92 Å². The van der Waals surface area contributed by atoms with Crippen molar-refractivity contribution in [2.24, 2.45) is 0 Å². The van der Waals surface area contributed by atoms with E-state index in [-0.39, 0.29) is 13.5 Å². The lowest BCUT2D eigenvalue weighted by Crippen LogP contribution is -2.40. The first-order chi connectivity index (χ1) is 11.9. The van der Waals surface area contributed by atoms with Crippen molar-refractivity contribution in [1.29, 1.82) is 0 Å². The first-order valence-corrected chi connectivity index (χ1v) is 11.8. The summed E-state index contributed by atoms with van der Waals surface area (Å²) in [4.78, 5) is -0.621. The molecular formula is C15H17NO7S3. The Hall–Kier alpha value is -1.79. The van der Waals surface area contributed by atoms with Crippen LogP contribution in [0.2, 0.25) is 0 Å². The van der Waals surface area contributed by atoms with Crippen molar-refractivity contribution in [3.05, 3.63) is 60.2 Å². The van der Waals surface area contributed by atoms with Gasteiger partial charge >= 0.3 is 0 Å². The van der Waals surface area contributed by atoms with Crippen molar-refractivity contribution in [2.75, 3.05) is 12.3 Å². The van der Waals surface area contributed by atoms with Crippen LogP contribution >= 0.6 is 0 Å². The highest BCUT2D eigenvalue weighted by Crippen LogP contribution is 2.24. The maximum atomic E-state index is 12.9. The van der Waals surface area contributed by atoms with Gasteiger partial charge < -0.3 is 0 Å². The summed E-state index contributed by atoms with van der Waals surface area (Å²) in [5, 5.41) is 0. The molecule has 0 bridgehead atoms. The number of nitrogens with zero attached hydrogens (tertiary/aromatic N) is 1. The molecule has 0 aliphatic heterocycles. The SMILES string of the molecule is Cc1ccc(S(=O)(=O)N(CCS(=O)(=O)O)S(=O)(=O)c2ccccc2)cc1. The number of hydrogen-bond donors (Lipinski definition) is 1. The van der Waals surface area contributed by atoms with Gasteiger partial charge in [0.05, 0.1) is 15.5 Å². The molecule has 11 heteroatoms. The molecule has 0 saturated carbocycles. The molecule has 0 heterocycles. The zero-order valence-electron chi connectivity index (χ0n) is 13.7. The van der Waals surface area contributed by atoms with Crippen molar-refractivity contribution in [2.45, 2.75) is 16.7 Å². The highest BCUT2D eigenvalue weighted by atomic mass is 32.3. The third-order valence-corrected chi connectivity index (χ3v) is 8.48. The van der Waals surface area contributed by atoms with Gasteiger partial charge in [-0.2, -0.15) is 8.42 Å². The van der Waals surface area contributed by atoms with Gasteiger partial charge in [-0.3, -0.25) is 4.55 Å². The summed E-state index contributed by atoms with van der Waals surface area (Å²) in [7, 11) is -13.7. The average Bonchev–Trinajstić information content (AvgIpc) is 2.54. The van der Waals surface area contributed by atoms with E-state index in [2.05, 4.69) is 0 Å². The van der Waals surface area contributed by atoms with Gasteiger partial charge in [-0.05, 0) is 31.2 Å². The lowest BCUT2D eigenvalue weighted by atomic mass is 10.2. The summed E-state index contributed by atoms with van der Waals surface area (Å²) >= 11 is 0. The van der Waals surface area contributed by atoms with Gasteiger partial charge in [-0.25, -0.2) is 16.8 Å². The first-order valence-electron chi connectivity index (χ1n) is 7.29. The van der Waals surface area contributed by atoms with Gasteiger partial charge in [-0.1, -0.05) is 39.6 Å². The van der Waals surface area contributed by atoms with Crippen molar-refractivity contribution in [3.63, 3.8) is 0 Å². The maximum absolute atomic E-state index is 12.9. The van der Waals surface area contributed by atoms with E-state index in [1.54, 1.807) is 13.0 Å².